The van der Waals surface area contributed by atoms with Gasteiger partial charge in [-0.3, -0.25) is 9.36 Å². The fourth-order valence-electron chi connectivity index (χ4n) is 4.51. The van der Waals surface area contributed by atoms with Crippen LogP contribution in [-0.4, -0.2) is 79.0 Å². The van der Waals surface area contributed by atoms with Crippen molar-refractivity contribution in [1.29, 1.82) is 0 Å². The molecule has 0 spiro atoms. The van der Waals surface area contributed by atoms with Crippen LogP contribution in [0.15, 0.2) is 36.9 Å². The first kappa shape index (κ1) is 26.9. The monoisotopic (exact) mass is 511 g/mol. The molecule has 3 heterocycles. The maximum atomic E-state index is 12.3. The number of hydrogen-bond acceptors (Lipinski definition) is 9. The van der Waals surface area contributed by atoms with E-state index < -0.39 is 24.5 Å². The lowest BCUT2D eigenvalue weighted by Gasteiger charge is -2.22. The molecule has 1 unspecified atom stereocenters. The van der Waals surface area contributed by atoms with Gasteiger partial charge in [0.05, 0.1) is 6.33 Å². The molecule has 1 aromatic carbocycles. The zero-order valence-electron chi connectivity index (χ0n) is 21.8. The topological polar surface area (TPSA) is 152 Å². The van der Waals surface area contributed by atoms with Gasteiger partial charge in [0.15, 0.2) is 17.7 Å². The molecule has 1 amide bonds. The molecule has 1 fully saturated rings. The van der Waals surface area contributed by atoms with Crippen LogP contribution in [-0.2, 0) is 14.9 Å². The normalized spacial score (nSPS) is 22.1. The summed E-state index contributed by atoms with van der Waals surface area (Å²) in [5.41, 5.74) is 8.79. The van der Waals surface area contributed by atoms with Crippen LogP contribution in [0.3, 0.4) is 0 Å². The molecule has 1 aliphatic rings. The number of nitrogens with zero attached hydrogens (tertiary/aromatic N) is 5. The van der Waals surface area contributed by atoms with Crippen LogP contribution in [0, 0.1) is 0 Å². The van der Waals surface area contributed by atoms with Gasteiger partial charge in [0.25, 0.3) is 0 Å². The summed E-state index contributed by atoms with van der Waals surface area (Å²) in [6.45, 7) is 7.62. The molecule has 3 aromatic rings. The van der Waals surface area contributed by atoms with Crippen LogP contribution < -0.4 is 11.1 Å². The summed E-state index contributed by atoms with van der Waals surface area (Å²) in [7, 11) is 1.92. The lowest BCUT2D eigenvalue weighted by atomic mass is 9.87. The number of benzene rings is 1. The lowest BCUT2D eigenvalue weighted by molar-refractivity contribution is -0.116. The fourth-order valence-corrected chi connectivity index (χ4v) is 4.51. The van der Waals surface area contributed by atoms with Crippen molar-refractivity contribution in [2.45, 2.75) is 70.0 Å². The summed E-state index contributed by atoms with van der Waals surface area (Å²) in [5, 5.41) is 24.2. The molecular weight excluding hydrogens is 474 g/mol. The Morgan fingerprint density at radius 2 is 1.86 bits per heavy atom. The number of imidazole rings is 1. The number of fused-ring (bicyclic) bond motifs is 1. The lowest BCUT2D eigenvalue weighted by Crippen LogP contribution is -2.38. The van der Waals surface area contributed by atoms with E-state index in [1.54, 1.807) is 4.57 Å². The van der Waals surface area contributed by atoms with Gasteiger partial charge < -0.3 is 30.9 Å². The van der Waals surface area contributed by atoms with Crippen LogP contribution in [0.2, 0.25) is 0 Å². The van der Waals surface area contributed by atoms with Gasteiger partial charge in [-0.1, -0.05) is 32.9 Å². The maximum Gasteiger partial charge on any atom is 0.224 e. The average Bonchev–Trinajstić information content (AvgIpc) is 3.39. The number of nitrogens with one attached hydrogen (secondary N) is 1. The molecular formula is C26H37N7O4. The summed E-state index contributed by atoms with van der Waals surface area (Å²) < 4.78 is 7.57. The molecule has 4 rings (SSSR count). The van der Waals surface area contributed by atoms with Gasteiger partial charge in [-0.2, -0.15) is 0 Å². The zero-order chi connectivity index (χ0) is 26.7. The van der Waals surface area contributed by atoms with Gasteiger partial charge in [0, 0.05) is 18.7 Å². The van der Waals surface area contributed by atoms with E-state index in [0.29, 0.717) is 24.1 Å². The molecule has 5 N–H and O–H groups in total. The number of amides is 1. The van der Waals surface area contributed by atoms with E-state index >= 15 is 0 Å². The van der Waals surface area contributed by atoms with E-state index in [9.17, 15) is 15.0 Å². The van der Waals surface area contributed by atoms with Crippen molar-refractivity contribution in [3.8, 4) is 0 Å². The number of unbranched alkanes of at least 4 members (excludes halogenated alkanes) is 1. The largest absolute Gasteiger partial charge is 0.387 e. The van der Waals surface area contributed by atoms with Gasteiger partial charge in [-0.25, -0.2) is 15.0 Å². The van der Waals surface area contributed by atoms with E-state index in [0.717, 1.165) is 25.1 Å². The molecule has 2 aromatic heterocycles. The Morgan fingerprint density at radius 1 is 1.14 bits per heavy atom. The Bertz CT molecular complexity index is 1210. The van der Waals surface area contributed by atoms with Crippen LogP contribution >= 0.6 is 0 Å². The predicted molar refractivity (Wildman–Crippen MR) is 141 cm³/mol. The highest BCUT2D eigenvalue weighted by Crippen LogP contribution is 2.32. The van der Waals surface area contributed by atoms with Crippen molar-refractivity contribution in [2.24, 2.45) is 0 Å². The molecule has 37 heavy (non-hydrogen) atoms. The van der Waals surface area contributed by atoms with Gasteiger partial charge >= 0.3 is 0 Å². The van der Waals surface area contributed by atoms with Gasteiger partial charge in [0.1, 0.15) is 30.2 Å². The second-order valence-corrected chi connectivity index (χ2v) is 10.7. The number of aliphatic hydroxyl groups is 2. The highest BCUT2D eigenvalue weighted by atomic mass is 16.6. The number of aliphatic hydroxyl groups excluding tert-OH is 2. The molecule has 11 nitrogen and oxygen atoms in total. The summed E-state index contributed by atoms with van der Waals surface area (Å²) in [6.07, 6.45) is 1.12. The number of anilines is 2. The van der Waals surface area contributed by atoms with Gasteiger partial charge in [0.2, 0.25) is 5.91 Å². The molecule has 200 valence electrons. The number of nitrogen functional groups attached to an aromatic ring is 1. The predicted octanol–water partition coefficient (Wildman–Crippen LogP) is 2.07. The number of hydrogen-bond donors (Lipinski definition) is 4. The number of carbonyl (C=O) groups is 1. The molecule has 0 aliphatic carbocycles. The summed E-state index contributed by atoms with van der Waals surface area (Å²) in [5.74, 6) is 0.226. The minimum absolute atomic E-state index is 0.0105. The van der Waals surface area contributed by atoms with Crippen LogP contribution in [0.4, 0.5) is 11.5 Å². The number of rotatable bonds is 9. The maximum absolute atomic E-state index is 12.3. The van der Waals surface area contributed by atoms with Crippen LogP contribution in [0.25, 0.3) is 11.2 Å². The van der Waals surface area contributed by atoms with Crippen LogP contribution in [0.5, 0.6) is 0 Å². The fraction of sp³-hybridized carbons (Fsp3) is 0.538. The Balaban J connectivity index is 1.21. The highest BCUT2D eigenvalue weighted by molar-refractivity contribution is 5.90. The molecule has 0 radical (unpaired) electrons. The van der Waals surface area contributed by atoms with Crippen molar-refractivity contribution in [3.63, 3.8) is 0 Å². The smallest absolute Gasteiger partial charge is 0.224 e. The molecule has 11 heteroatoms. The number of carbonyl (C=O) groups excluding carboxylic acids is 1. The van der Waals surface area contributed by atoms with Crippen molar-refractivity contribution < 1.29 is 19.7 Å². The SMILES string of the molecule is CN(CCCCC(=O)Nc1ccc(C(C)(C)C)cc1)C[C@H]1OC(n2cnc3c(N)ncnc32)[C@H](O)[C@@H]1O. The number of ether oxygens (including phenoxy) is 1. The molecule has 0 saturated carbocycles. The third-order valence-corrected chi connectivity index (χ3v) is 6.72. The number of likely N-dealkylation sites (N-methyl/N-ethyl adjacent to an activating group) is 1. The number of aromatic nitrogens is 4. The quantitative estimate of drug-likeness (QED) is 0.316. The molecule has 1 aliphatic heterocycles. The van der Waals surface area contributed by atoms with E-state index in [4.69, 9.17) is 10.5 Å². The van der Waals surface area contributed by atoms with E-state index in [2.05, 4.69) is 41.0 Å². The van der Waals surface area contributed by atoms with Gasteiger partial charge in [-0.15, -0.1) is 0 Å². The Morgan fingerprint density at radius 3 is 2.57 bits per heavy atom. The second kappa shape index (κ2) is 11.1. The van der Waals surface area contributed by atoms with Crippen molar-refractivity contribution >= 4 is 28.6 Å². The Hall–Kier alpha value is -3.12. The summed E-state index contributed by atoms with van der Waals surface area (Å²) in [4.78, 5) is 26.7. The van der Waals surface area contributed by atoms with E-state index in [1.165, 1.54) is 18.2 Å². The zero-order valence-corrected chi connectivity index (χ0v) is 21.8. The van der Waals surface area contributed by atoms with Gasteiger partial charge in [-0.05, 0) is 49.5 Å². The van der Waals surface area contributed by atoms with Crippen molar-refractivity contribution in [1.82, 2.24) is 24.4 Å². The first-order valence-corrected chi connectivity index (χ1v) is 12.6. The van der Waals surface area contributed by atoms with Crippen molar-refractivity contribution in [2.75, 3.05) is 31.2 Å². The first-order valence-electron chi connectivity index (χ1n) is 12.6. The number of nitrogens with two attached hydrogens (primary N) is 1. The van der Waals surface area contributed by atoms with E-state index in [-0.39, 0.29) is 17.1 Å². The summed E-state index contributed by atoms with van der Waals surface area (Å²) >= 11 is 0. The third-order valence-electron chi connectivity index (χ3n) is 6.72. The standard InChI is InChI=1S/C26H37N7O4/c1-26(2,3)16-8-10-17(11-9-16)31-19(34)7-5-6-12-32(4)13-18-21(35)22(36)25(37-18)33-15-30-20-23(27)28-14-29-24(20)33/h8-11,14-15,18,21-22,25,35-36H,5-7,12-13H2,1-4H3,(H,31,34)(H2,27,28,29)/t18-,21-,22-,25?/m1/s1. The minimum Gasteiger partial charge on any atom is -0.387 e. The minimum atomic E-state index is -1.15. The van der Waals surface area contributed by atoms with Crippen molar-refractivity contribution in [3.05, 3.63) is 42.5 Å². The summed E-state index contributed by atoms with van der Waals surface area (Å²) in [6, 6.07) is 7.97. The van der Waals surface area contributed by atoms with E-state index in [1.807, 2.05) is 36.2 Å². The molecule has 1 saturated heterocycles. The average molecular weight is 512 g/mol. The molecule has 0 bridgehead atoms. The Labute approximate surface area is 216 Å². The first-order chi connectivity index (χ1) is 17.5. The van der Waals surface area contributed by atoms with Crippen LogP contribution in [0.1, 0.15) is 51.8 Å². The molecule has 4 atom stereocenters. The third kappa shape index (κ3) is 6.24. The Kier molecular flexibility index (Phi) is 8.08. The highest BCUT2D eigenvalue weighted by Gasteiger charge is 2.44. The second-order valence-electron chi connectivity index (χ2n) is 10.7.